The Kier molecular flexibility index (Phi) is 4.65. The Balaban J connectivity index is 2.51. The second kappa shape index (κ2) is 5.55. The Bertz CT molecular complexity index is 305. The number of pyridine rings is 1. The number of aromatic nitrogens is 1. The predicted molar refractivity (Wildman–Crippen MR) is 47.8 cm³/mol. The van der Waals surface area contributed by atoms with Crippen LogP contribution in [0.1, 0.15) is 0 Å². The molecule has 0 amide bonds. The molecule has 1 heterocycles. The summed E-state index contributed by atoms with van der Waals surface area (Å²) in [6.07, 6.45) is 1.44. The van der Waals surface area contributed by atoms with Gasteiger partial charge in [-0.1, -0.05) is 0 Å². The molecule has 1 aromatic heterocycles. The zero-order chi connectivity index (χ0) is 11.3. The van der Waals surface area contributed by atoms with Gasteiger partial charge in [0.25, 0.3) is 0 Å². The fourth-order valence-electron chi connectivity index (χ4n) is 0.799. The monoisotopic (exact) mass is 331 g/mol. The van der Waals surface area contributed by atoms with Crippen molar-refractivity contribution < 1.29 is 39.8 Å². The van der Waals surface area contributed by atoms with E-state index in [9.17, 15) is 8.78 Å². The molecule has 0 fully saturated rings. The van der Waals surface area contributed by atoms with E-state index in [2.05, 4.69) is 9.91 Å². The van der Waals surface area contributed by atoms with E-state index in [1.165, 1.54) is 6.20 Å². The van der Waals surface area contributed by atoms with Gasteiger partial charge in [-0.15, -0.1) is 0 Å². The molecule has 0 unspecified atom stereocenters. The van der Waals surface area contributed by atoms with E-state index in [1.807, 2.05) is 0 Å². The molecule has 0 atom stereocenters. The van der Waals surface area contributed by atoms with Crippen molar-refractivity contribution in [1.29, 1.82) is 0 Å². The summed E-state index contributed by atoms with van der Waals surface area (Å²) in [5.41, 5.74) is 0. The predicted octanol–water partition coefficient (Wildman–Crippen LogP) is -2.29. The summed E-state index contributed by atoms with van der Waals surface area (Å²) in [5, 5.41) is 6.59. The minimum absolute atomic E-state index is 0.0843. The van der Waals surface area contributed by atoms with Crippen molar-refractivity contribution in [2.45, 2.75) is 5.92 Å². The third kappa shape index (κ3) is 4.25. The first-order chi connectivity index (χ1) is 7.07. The summed E-state index contributed by atoms with van der Waals surface area (Å²) in [6.45, 7) is -1.72. The minimum atomic E-state index is -3.09. The van der Waals surface area contributed by atoms with Gasteiger partial charge >= 0.3 is 96.7 Å². The molecule has 15 heavy (non-hydrogen) atoms. The van der Waals surface area contributed by atoms with Crippen LogP contribution >= 0.6 is 0 Å². The van der Waals surface area contributed by atoms with Crippen LogP contribution in [0.15, 0.2) is 18.3 Å². The zero-order valence-corrected chi connectivity index (χ0v) is 10.3. The molecular formula is C9H12F2INO2. The fraction of sp³-hybridized carbons (Fsp3) is 0.444. The molecule has 0 aliphatic heterocycles. The number of alkyl halides is 3. The van der Waals surface area contributed by atoms with Gasteiger partial charge in [0.2, 0.25) is 0 Å². The Labute approximate surface area is 96.7 Å². The van der Waals surface area contributed by atoms with Gasteiger partial charge in [-0.3, -0.25) is 0 Å². The van der Waals surface area contributed by atoms with E-state index < -0.39 is 19.1 Å². The second-order valence-corrected chi connectivity index (χ2v) is 5.01. The van der Waals surface area contributed by atoms with Gasteiger partial charge in [-0.05, 0) is 0 Å². The Morgan fingerprint density at radius 2 is 2.27 bits per heavy atom. The van der Waals surface area contributed by atoms with Crippen molar-refractivity contribution in [2.24, 2.45) is 0 Å². The van der Waals surface area contributed by atoms with Crippen LogP contribution in [0.4, 0.5) is 8.78 Å². The van der Waals surface area contributed by atoms with Gasteiger partial charge in [-0.25, -0.2) is 0 Å². The maximum atomic E-state index is 12.7. The van der Waals surface area contributed by atoms with Crippen LogP contribution in [0.2, 0.25) is 0 Å². The Morgan fingerprint density at radius 3 is 2.73 bits per heavy atom. The van der Waals surface area contributed by atoms with Crippen LogP contribution < -0.4 is 25.9 Å². The number of ether oxygens (including phenoxy) is 1. The molecule has 0 bridgehead atoms. The fourth-order valence-corrected chi connectivity index (χ4v) is 1.76. The number of nitrogens with zero attached hydrogens (tertiary/aromatic N) is 1. The molecule has 0 saturated carbocycles. The van der Waals surface area contributed by atoms with Crippen molar-refractivity contribution in [3.8, 4) is 5.75 Å². The number of hydrogen-bond acceptors (Lipinski definition) is 2. The van der Waals surface area contributed by atoms with Crippen LogP contribution in [0.3, 0.4) is 0 Å². The maximum absolute atomic E-state index is 12.7. The van der Waals surface area contributed by atoms with Gasteiger partial charge in [0.05, 0.1) is 0 Å². The molecule has 0 saturated heterocycles. The van der Waals surface area contributed by atoms with E-state index in [1.54, 1.807) is 12.1 Å². The summed E-state index contributed by atoms with van der Waals surface area (Å²) >= 11 is -0.0843. The molecule has 6 heteroatoms. The van der Waals surface area contributed by atoms with Crippen LogP contribution in [0, 0.1) is 3.70 Å². The molecule has 3 nitrogen and oxygen atoms in total. The number of halogens is 3. The molecule has 2 N–H and O–H groups in total. The van der Waals surface area contributed by atoms with Crippen molar-refractivity contribution in [3.63, 3.8) is 0 Å². The topological polar surface area (TPSA) is 45.0 Å². The van der Waals surface area contributed by atoms with Crippen LogP contribution in [-0.2, 0) is 0 Å². The normalized spacial score (nSPS) is 11.7. The first-order valence-electron chi connectivity index (χ1n) is 4.18. The van der Waals surface area contributed by atoms with Gasteiger partial charge in [0.1, 0.15) is 0 Å². The molecule has 0 spiro atoms. The quantitative estimate of drug-likeness (QED) is 0.264. The molecular weight excluding hydrogens is 319 g/mol. The number of hydrogen-bond donors (Lipinski definition) is 0. The molecule has 0 aliphatic rings. The van der Waals surface area contributed by atoms with E-state index in [0.717, 1.165) is 3.70 Å². The van der Waals surface area contributed by atoms with Crippen molar-refractivity contribution >= 4 is 0 Å². The summed E-state index contributed by atoms with van der Waals surface area (Å²) < 4.78 is 31.1. The summed E-state index contributed by atoms with van der Waals surface area (Å²) in [6, 6.07) is 3.41. The van der Waals surface area contributed by atoms with Gasteiger partial charge in [0.15, 0.2) is 0 Å². The molecule has 1 rings (SSSR count). The summed E-state index contributed by atoms with van der Waals surface area (Å²) in [4.78, 5) is 6.12. The standard InChI is InChI=1S/C9H11F2INO2/c1-12-8-3-2-7(4-13-8)15-6-9(10,11)5-14/h2-4,14H,5-6H2,1H3/q-1/p+1. The van der Waals surface area contributed by atoms with Crippen LogP contribution in [0.25, 0.3) is 0 Å². The second-order valence-electron chi connectivity index (χ2n) is 2.83. The Morgan fingerprint density at radius 1 is 1.53 bits per heavy atom. The van der Waals surface area contributed by atoms with E-state index >= 15 is 0 Å². The molecule has 0 aliphatic carbocycles. The average Bonchev–Trinajstić information content (AvgIpc) is 2.27. The Hall–Kier alpha value is -0.500. The third-order valence-electron chi connectivity index (χ3n) is 1.60. The van der Waals surface area contributed by atoms with Crippen molar-refractivity contribution in [1.82, 2.24) is 4.98 Å². The molecule has 86 valence electrons. The molecule has 0 aromatic carbocycles. The van der Waals surface area contributed by atoms with Crippen LogP contribution in [0.5, 0.6) is 5.75 Å². The number of rotatable bonds is 5. The molecule has 0 radical (unpaired) electrons. The first kappa shape index (κ1) is 12.6. The van der Waals surface area contributed by atoms with E-state index in [-0.39, 0.29) is 21.2 Å². The van der Waals surface area contributed by atoms with E-state index in [4.69, 9.17) is 9.84 Å². The average molecular weight is 331 g/mol. The van der Waals surface area contributed by atoms with Crippen molar-refractivity contribution in [2.75, 3.05) is 18.1 Å². The zero-order valence-electron chi connectivity index (χ0n) is 8.14. The van der Waals surface area contributed by atoms with E-state index in [0.29, 0.717) is 5.75 Å². The van der Waals surface area contributed by atoms with Gasteiger partial charge in [0, 0.05) is 0 Å². The first-order valence-corrected chi connectivity index (χ1v) is 7.42. The molecule has 1 aromatic rings. The van der Waals surface area contributed by atoms with Gasteiger partial charge < -0.3 is 0 Å². The third-order valence-corrected chi connectivity index (χ3v) is 3.35. The van der Waals surface area contributed by atoms with Crippen molar-refractivity contribution in [3.05, 3.63) is 22.0 Å². The van der Waals surface area contributed by atoms with Crippen LogP contribution in [-0.4, -0.2) is 34.2 Å². The van der Waals surface area contributed by atoms with Gasteiger partial charge in [-0.2, -0.15) is 0 Å². The summed E-state index contributed by atoms with van der Waals surface area (Å²) in [5.74, 6) is -2.76. The SMILES string of the molecule is C[I-]c1ccc(OCC(F)(F)C[OH2+])cn1. The summed E-state index contributed by atoms with van der Waals surface area (Å²) in [7, 11) is 0.